The predicted molar refractivity (Wildman–Crippen MR) is 155 cm³/mol. The van der Waals surface area contributed by atoms with Gasteiger partial charge in [0.25, 0.3) is 0 Å². The molecular weight excluding hydrogens is 541 g/mol. The van der Waals surface area contributed by atoms with Gasteiger partial charge in [-0.25, -0.2) is 23.8 Å². The summed E-state index contributed by atoms with van der Waals surface area (Å²) in [6.45, 7) is 5.19. The first-order valence-corrected chi connectivity index (χ1v) is 13.6. The van der Waals surface area contributed by atoms with Crippen molar-refractivity contribution in [2.75, 3.05) is 42.6 Å². The number of ether oxygens (including phenoxy) is 2. The van der Waals surface area contributed by atoms with Crippen LogP contribution in [0, 0.1) is 5.82 Å². The topological polar surface area (TPSA) is 108 Å². The zero-order valence-corrected chi connectivity index (χ0v) is 22.9. The normalized spacial score (nSPS) is 13.4. The molecule has 2 aromatic carbocycles. The first-order chi connectivity index (χ1) is 20.5. The van der Waals surface area contributed by atoms with Crippen LogP contribution in [-0.2, 0) is 11.3 Å². The van der Waals surface area contributed by atoms with E-state index in [0.29, 0.717) is 30.7 Å². The highest BCUT2D eigenvalue weighted by molar-refractivity contribution is 5.81. The molecule has 4 heterocycles. The van der Waals surface area contributed by atoms with Gasteiger partial charge in [-0.3, -0.25) is 9.36 Å². The summed E-state index contributed by atoms with van der Waals surface area (Å²) in [5.74, 6) is 0.302. The number of rotatable bonds is 7. The summed E-state index contributed by atoms with van der Waals surface area (Å²) >= 11 is 0. The monoisotopic (exact) mass is 569 g/mol. The number of nitrogens with zero attached hydrogens (tertiary/aromatic N) is 7. The van der Waals surface area contributed by atoms with E-state index in [1.54, 1.807) is 46.8 Å². The van der Waals surface area contributed by atoms with Crippen molar-refractivity contribution >= 4 is 28.7 Å². The van der Waals surface area contributed by atoms with E-state index in [1.165, 1.54) is 24.7 Å². The molecule has 1 saturated heterocycles. The predicted octanol–water partition coefficient (Wildman–Crippen LogP) is 4.03. The molecular formula is C30H28FN7O4. The minimum Gasteiger partial charge on any atom is -0.434 e. The highest BCUT2D eigenvalue weighted by Crippen LogP contribution is 2.25. The lowest BCUT2D eigenvalue weighted by atomic mass is 10.2. The van der Waals surface area contributed by atoms with Gasteiger partial charge in [0.05, 0.1) is 24.7 Å². The zero-order chi connectivity index (χ0) is 29.1. The molecule has 3 aromatic heterocycles. The number of piperazine rings is 1. The maximum atomic E-state index is 13.4. The van der Waals surface area contributed by atoms with E-state index in [2.05, 4.69) is 19.9 Å². The smallest absolute Gasteiger partial charge is 0.434 e. The van der Waals surface area contributed by atoms with Crippen LogP contribution in [0.3, 0.4) is 0 Å². The Balaban J connectivity index is 1.33. The minimum atomic E-state index is -0.952. The van der Waals surface area contributed by atoms with E-state index in [1.807, 2.05) is 24.3 Å². The van der Waals surface area contributed by atoms with Crippen LogP contribution >= 0.6 is 0 Å². The number of hydrogen-bond acceptors (Lipinski definition) is 9. The van der Waals surface area contributed by atoms with E-state index in [4.69, 9.17) is 14.5 Å². The lowest BCUT2D eigenvalue weighted by molar-refractivity contribution is 0.104. The second-order valence-electron chi connectivity index (χ2n) is 9.73. The molecule has 0 saturated carbocycles. The number of fused-ring (bicyclic) bond motifs is 1. The Kier molecular flexibility index (Phi) is 7.50. The van der Waals surface area contributed by atoms with Gasteiger partial charge in [0.15, 0.2) is 11.4 Å². The lowest BCUT2D eigenvalue weighted by Crippen LogP contribution is -2.46. The van der Waals surface area contributed by atoms with Gasteiger partial charge in [-0.05, 0) is 61.0 Å². The van der Waals surface area contributed by atoms with E-state index >= 15 is 0 Å². The molecule has 0 aliphatic carbocycles. The fourth-order valence-electron chi connectivity index (χ4n) is 4.96. The van der Waals surface area contributed by atoms with Gasteiger partial charge in [-0.1, -0.05) is 12.1 Å². The summed E-state index contributed by atoms with van der Waals surface area (Å²) in [5.41, 5.74) is 2.67. The van der Waals surface area contributed by atoms with Crippen molar-refractivity contribution in [1.82, 2.24) is 24.3 Å². The summed E-state index contributed by atoms with van der Waals surface area (Å²) in [4.78, 5) is 38.7. The molecule has 11 nitrogen and oxygen atoms in total. The minimum absolute atomic E-state index is 0.118. The SMILES string of the molecule is CCOC(=O)Oc1cn(-c2ccc(Cn3cncn3)cc2)c2nc(N3CCN(c4ccc(F)cc4)CC3)ccc2c1=O. The third-order valence-electron chi connectivity index (χ3n) is 7.08. The molecule has 0 N–H and O–H groups in total. The van der Waals surface area contributed by atoms with Crippen LogP contribution < -0.4 is 20.0 Å². The van der Waals surface area contributed by atoms with Gasteiger partial charge in [-0.15, -0.1) is 0 Å². The standard InChI is InChI=1S/C30H28FN7O4/c1-2-41-30(40)42-26-18-38(24-7-3-21(4-8-24)17-37-20-32-19-33-37)29-25(28(26)39)11-12-27(34-29)36-15-13-35(14-16-36)23-9-5-22(31)6-10-23/h3-12,18-20H,2,13-17H2,1H3. The number of aromatic nitrogens is 5. The van der Waals surface area contributed by atoms with Gasteiger partial charge in [0.1, 0.15) is 24.3 Å². The third-order valence-corrected chi connectivity index (χ3v) is 7.08. The van der Waals surface area contributed by atoms with Crippen LogP contribution in [0.1, 0.15) is 12.5 Å². The summed E-state index contributed by atoms with van der Waals surface area (Å²) in [7, 11) is 0. The molecule has 0 unspecified atom stereocenters. The number of pyridine rings is 2. The lowest BCUT2D eigenvalue weighted by Gasteiger charge is -2.36. The zero-order valence-electron chi connectivity index (χ0n) is 22.9. The molecule has 0 radical (unpaired) electrons. The second-order valence-corrected chi connectivity index (χ2v) is 9.73. The number of carbonyl (C=O) groups excluding carboxylic acids is 1. The number of halogens is 1. The number of benzene rings is 2. The van der Waals surface area contributed by atoms with Crippen LogP contribution in [0.5, 0.6) is 5.75 Å². The maximum absolute atomic E-state index is 13.4. The van der Waals surface area contributed by atoms with Crippen LogP contribution in [0.15, 0.2) is 84.3 Å². The molecule has 6 rings (SSSR count). The van der Waals surface area contributed by atoms with Gasteiger partial charge in [0, 0.05) is 37.6 Å². The summed E-state index contributed by atoms with van der Waals surface area (Å²) in [5, 5.41) is 4.45. The first kappa shape index (κ1) is 26.9. The van der Waals surface area contributed by atoms with E-state index < -0.39 is 11.6 Å². The van der Waals surface area contributed by atoms with Crippen molar-refractivity contribution in [3.8, 4) is 11.4 Å². The van der Waals surface area contributed by atoms with Crippen molar-refractivity contribution in [2.45, 2.75) is 13.5 Å². The van der Waals surface area contributed by atoms with Crippen molar-refractivity contribution < 1.29 is 18.7 Å². The fourth-order valence-corrected chi connectivity index (χ4v) is 4.96. The quantitative estimate of drug-likeness (QED) is 0.269. The Hall–Kier alpha value is -5.26. The molecule has 0 atom stereocenters. The van der Waals surface area contributed by atoms with E-state index in [9.17, 15) is 14.0 Å². The average Bonchev–Trinajstić information content (AvgIpc) is 3.53. The Bertz CT molecular complexity index is 1750. The molecule has 0 spiro atoms. The molecule has 5 aromatic rings. The molecule has 12 heteroatoms. The van der Waals surface area contributed by atoms with Crippen molar-refractivity contribution in [2.24, 2.45) is 0 Å². The fraction of sp³-hybridized carbons (Fsp3) is 0.233. The average molecular weight is 570 g/mol. The summed E-state index contributed by atoms with van der Waals surface area (Å²) < 4.78 is 27.0. The van der Waals surface area contributed by atoms with E-state index in [-0.39, 0.29) is 18.2 Å². The van der Waals surface area contributed by atoms with Gasteiger partial charge < -0.3 is 19.3 Å². The Labute approximate surface area is 240 Å². The Morgan fingerprint density at radius 3 is 2.33 bits per heavy atom. The second kappa shape index (κ2) is 11.7. The molecule has 1 fully saturated rings. The Morgan fingerprint density at radius 2 is 1.64 bits per heavy atom. The van der Waals surface area contributed by atoms with Crippen LogP contribution in [0.2, 0.25) is 0 Å². The van der Waals surface area contributed by atoms with E-state index in [0.717, 1.165) is 35.8 Å². The van der Waals surface area contributed by atoms with Crippen LogP contribution in [0.4, 0.5) is 20.7 Å². The Morgan fingerprint density at radius 1 is 0.929 bits per heavy atom. The highest BCUT2D eigenvalue weighted by atomic mass is 19.1. The molecule has 0 bridgehead atoms. The molecule has 42 heavy (non-hydrogen) atoms. The molecule has 1 aliphatic heterocycles. The number of hydrogen-bond donors (Lipinski definition) is 0. The molecule has 1 aliphatic rings. The van der Waals surface area contributed by atoms with Gasteiger partial charge in [0.2, 0.25) is 5.43 Å². The van der Waals surface area contributed by atoms with Crippen LogP contribution in [-0.4, -0.2) is 63.3 Å². The van der Waals surface area contributed by atoms with Crippen LogP contribution in [0.25, 0.3) is 16.7 Å². The van der Waals surface area contributed by atoms with Gasteiger partial charge >= 0.3 is 6.16 Å². The summed E-state index contributed by atoms with van der Waals surface area (Å²) in [6.07, 6.45) is 3.65. The van der Waals surface area contributed by atoms with Crippen molar-refractivity contribution in [3.63, 3.8) is 0 Å². The van der Waals surface area contributed by atoms with Crippen molar-refractivity contribution in [3.05, 3.63) is 101 Å². The first-order valence-electron chi connectivity index (χ1n) is 13.6. The number of anilines is 2. The van der Waals surface area contributed by atoms with Crippen molar-refractivity contribution in [1.29, 1.82) is 0 Å². The summed E-state index contributed by atoms with van der Waals surface area (Å²) in [6, 6.07) is 17.7. The number of carbonyl (C=O) groups is 1. The highest BCUT2D eigenvalue weighted by Gasteiger charge is 2.21. The molecule has 214 valence electrons. The third kappa shape index (κ3) is 5.64. The maximum Gasteiger partial charge on any atom is 0.514 e. The molecule has 0 amide bonds. The van der Waals surface area contributed by atoms with Gasteiger partial charge in [-0.2, -0.15) is 5.10 Å². The largest absolute Gasteiger partial charge is 0.514 e.